The van der Waals surface area contributed by atoms with E-state index in [2.05, 4.69) is 5.43 Å². The molecule has 0 atom stereocenters. The topological polar surface area (TPSA) is 15.3 Å². The number of hydrazine groups is 1. The fourth-order valence-electron chi connectivity index (χ4n) is 0.832. The molecule has 8 heavy (non-hydrogen) atoms. The van der Waals surface area contributed by atoms with E-state index in [-0.39, 0.29) is 0 Å². The fourth-order valence-corrected chi connectivity index (χ4v) is 1.04. The highest BCUT2D eigenvalue weighted by atomic mass is 35.5. The Morgan fingerprint density at radius 1 is 1.25 bits per heavy atom. The van der Waals surface area contributed by atoms with Gasteiger partial charge in [-0.05, 0) is 24.6 Å². The molecule has 1 N–H and O–H groups in total. The zero-order chi connectivity index (χ0) is 5.82. The zero-order valence-electron chi connectivity index (χ0n) is 4.86. The van der Waals surface area contributed by atoms with Crippen LogP contribution in [0.1, 0.15) is 19.3 Å². The van der Waals surface area contributed by atoms with Gasteiger partial charge in [0, 0.05) is 13.1 Å². The van der Waals surface area contributed by atoms with E-state index in [1.54, 1.807) is 4.53 Å². The molecule has 0 spiro atoms. The largest absolute Gasteiger partial charge is 0.241 e. The minimum absolute atomic E-state index is 0.974. The van der Waals surface area contributed by atoms with E-state index in [4.69, 9.17) is 11.8 Å². The van der Waals surface area contributed by atoms with E-state index < -0.39 is 0 Å². The molecule has 48 valence electrons. The molecular formula is C5H11ClN2. The molecule has 0 unspecified atom stereocenters. The lowest BCUT2D eigenvalue weighted by Crippen LogP contribution is -2.28. The second-order valence-electron chi connectivity index (χ2n) is 2.05. The molecule has 3 heteroatoms. The predicted octanol–water partition coefficient (Wildman–Crippen LogP) is 1.13. The first-order valence-corrected chi connectivity index (χ1v) is 3.40. The summed E-state index contributed by atoms with van der Waals surface area (Å²) < 4.78 is 1.65. The van der Waals surface area contributed by atoms with Gasteiger partial charge >= 0.3 is 0 Å². The van der Waals surface area contributed by atoms with E-state index in [1.165, 1.54) is 19.3 Å². The van der Waals surface area contributed by atoms with Crippen LogP contribution >= 0.6 is 11.8 Å². The summed E-state index contributed by atoms with van der Waals surface area (Å²) in [5, 5.41) is 0. The summed E-state index contributed by atoms with van der Waals surface area (Å²) in [6, 6.07) is 0. The quantitative estimate of drug-likeness (QED) is 0.500. The lowest BCUT2D eigenvalue weighted by molar-refractivity contribution is 0.362. The van der Waals surface area contributed by atoms with Crippen LogP contribution in [-0.2, 0) is 0 Å². The maximum atomic E-state index is 5.64. The fraction of sp³-hybridized carbons (Fsp3) is 1.00. The number of halogens is 1. The van der Waals surface area contributed by atoms with Crippen LogP contribution in [0.25, 0.3) is 0 Å². The van der Waals surface area contributed by atoms with Crippen molar-refractivity contribution < 1.29 is 0 Å². The molecular weight excluding hydrogens is 124 g/mol. The molecule has 0 aromatic heterocycles. The highest BCUT2D eigenvalue weighted by Gasteiger charge is 2.02. The molecule has 1 aliphatic rings. The average Bonchev–Trinajstić information content (AvgIpc) is 1.94. The monoisotopic (exact) mass is 134 g/mol. The van der Waals surface area contributed by atoms with Crippen molar-refractivity contribution in [3.63, 3.8) is 0 Å². The normalized spacial score (nSPS) is 25.1. The highest BCUT2D eigenvalue weighted by Crippen LogP contribution is 2.02. The van der Waals surface area contributed by atoms with Crippen molar-refractivity contribution in [2.24, 2.45) is 0 Å². The molecule has 0 aromatic carbocycles. The Kier molecular flexibility index (Phi) is 2.59. The average molecular weight is 135 g/mol. The Labute approximate surface area is 54.9 Å². The number of hydrogen-bond acceptors (Lipinski definition) is 2. The Hall–Kier alpha value is 0.210. The summed E-state index contributed by atoms with van der Waals surface area (Å²) in [6.45, 7) is 2.01. The Bertz CT molecular complexity index is 59.4. The third kappa shape index (κ3) is 1.99. The van der Waals surface area contributed by atoms with Crippen LogP contribution in [0, 0.1) is 0 Å². The van der Waals surface area contributed by atoms with Crippen molar-refractivity contribution in [2.45, 2.75) is 19.3 Å². The van der Waals surface area contributed by atoms with Crippen LogP contribution in [0.2, 0.25) is 0 Å². The Balaban J connectivity index is 2.17. The van der Waals surface area contributed by atoms with Gasteiger partial charge in [0.1, 0.15) is 0 Å². The molecule has 2 nitrogen and oxygen atoms in total. The molecule has 1 fully saturated rings. The first kappa shape index (κ1) is 6.33. The smallest absolute Gasteiger partial charge is 0.0296 e. The van der Waals surface area contributed by atoms with Gasteiger partial charge in [0.25, 0.3) is 0 Å². The number of nitrogens with one attached hydrogen (secondary N) is 1. The summed E-state index contributed by atoms with van der Waals surface area (Å²) >= 11 is 5.64. The predicted molar refractivity (Wildman–Crippen MR) is 34.4 cm³/mol. The van der Waals surface area contributed by atoms with Crippen LogP contribution in [0.3, 0.4) is 0 Å². The van der Waals surface area contributed by atoms with Gasteiger partial charge in [0.2, 0.25) is 0 Å². The summed E-state index contributed by atoms with van der Waals surface area (Å²) in [5.41, 5.74) is 3.04. The number of nitrogens with zero attached hydrogens (tertiary/aromatic N) is 1. The molecule has 0 aliphatic carbocycles. The minimum Gasteiger partial charge on any atom is -0.241 e. The summed E-state index contributed by atoms with van der Waals surface area (Å²) in [6.07, 6.45) is 3.77. The standard InChI is InChI=1S/C5H11ClN2/c6-8-5-3-1-2-4-7-8/h7H,1-5H2. The van der Waals surface area contributed by atoms with Gasteiger partial charge in [0.05, 0.1) is 0 Å². The maximum Gasteiger partial charge on any atom is 0.0296 e. The second kappa shape index (κ2) is 3.28. The molecule has 0 saturated carbocycles. The van der Waals surface area contributed by atoms with Crippen molar-refractivity contribution in [1.82, 2.24) is 9.95 Å². The molecule has 0 bridgehead atoms. The Morgan fingerprint density at radius 3 is 3.00 bits per heavy atom. The number of rotatable bonds is 0. The first-order valence-electron chi connectivity index (χ1n) is 3.06. The molecule has 1 rings (SSSR count). The van der Waals surface area contributed by atoms with Crippen LogP contribution in [0.5, 0.6) is 0 Å². The van der Waals surface area contributed by atoms with Crippen LogP contribution in [-0.4, -0.2) is 17.6 Å². The van der Waals surface area contributed by atoms with Gasteiger partial charge in [-0.1, -0.05) is 6.42 Å². The van der Waals surface area contributed by atoms with E-state index in [0.29, 0.717) is 0 Å². The van der Waals surface area contributed by atoms with Crippen LogP contribution in [0.15, 0.2) is 0 Å². The molecule has 0 aromatic rings. The summed E-state index contributed by atoms with van der Waals surface area (Å²) in [5.74, 6) is 0. The zero-order valence-corrected chi connectivity index (χ0v) is 5.62. The van der Waals surface area contributed by atoms with Crippen LogP contribution < -0.4 is 5.43 Å². The van der Waals surface area contributed by atoms with Crippen molar-refractivity contribution in [1.29, 1.82) is 0 Å². The van der Waals surface area contributed by atoms with E-state index in [0.717, 1.165) is 13.1 Å². The van der Waals surface area contributed by atoms with E-state index in [9.17, 15) is 0 Å². The third-order valence-corrected chi connectivity index (χ3v) is 1.60. The summed E-state index contributed by atoms with van der Waals surface area (Å²) in [7, 11) is 0. The van der Waals surface area contributed by atoms with Gasteiger partial charge in [-0.25, -0.2) is 5.43 Å². The lowest BCUT2D eigenvalue weighted by Gasteiger charge is -2.08. The van der Waals surface area contributed by atoms with Gasteiger partial charge in [-0.15, -0.1) is 0 Å². The lowest BCUT2D eigenvalue weighted by atomic mass is 10.2. The molecule has 1 saturated heterocycles. The van der Waals surface area contributed by atoms with Gasteiger partial charge in [0.15, 0.2) is 0 Å². The van der Waals surface area contributed by atoms with Crippen molar-refractivity contribution in [3.8, 4) is 0 Å². The van der Waals surface area contributed by atoms with E-state index in [1.807, 2.05) is 0 Å². The van der Waals surface area contributed by atoms with Crippen LogP contribution in [0.4, 0.5) is 0 Å². The molecule has 1 aliphatic heterocycles. The SMILES string of the molecule is ClN1CCCCCN1. The van der Waals surface area contributed by atoms with Gasteiger partial charge < -0.3 is 0 Å². The number of hydrogen-bond donors (Lipinski definition) is 1. The second-order valence-corrected chi connectivity index (χ2v) is 2.46. The van der Waals surface area contributed by atoms with Gasteiger partial charge in [-0.2, -0.15) is 4.53 Å². The van der Waals surface area contributed by atoms with E-state index >= 15 is 0 Å². The first-order chi connectivity index (χ1) is 3.89. The van der Waals surface area contributed by atoms with Crippen molar-refractivity contribution in [2.75, 3.05) is 13.1 Å². The van der Waals surface area contributed by atoms with Crippen molar-refractivity contribution in [3.05, 3.63) is 0 Å². The van der Waals surface area contributed by atoms with Gasteiger partial charge in [-0.3, -0.25) is 0 Å². The maximum absolute atomic E-state index is 5.64. The molecule has 0 amide bonds. The minimum atomic E-state index is 0.974. The van der Waals surface area contributed by atoms with Crippen molar-refractivity contribution >= 4 is 11.8 Å². The molecule has 0 radical (unpaired) electrons. The molecule has 1 heterocycles. The summed E-state index contributed by atoms with van der Waals surface area (Å²) in [4.78, 5) is 0. The third-order valence-electron chi connectivity index (χ3n) is 1.31. The Morgan fingerprint density at radius 2 is 2.12 bits per heavy atom. The highest BCUT2D eigenvalue weighted by molar-refractivity contribution is 6.13.